The lowest BCUT2D eigenvalue weighted by molar-refractivity contribution is 0.109. The monoisotopic (exact) mass is 521 g/mol. The molecule has 4 nitrogen and oxygen atoms in total. The molecule has 0 bridgehead atoms. The number of carbonyl (C=O) groups is 1. The van der Waals surface area contributed by atoms with Gasteiger partial charge in [-0.1, -0.05) is 12.1 Å². The molecule has 7 heteroatoms. The fourth-order valence-electron chi connectivity index (χ4n) is 2.33. The summed E-state index contributed by atoms with van der Waals surface area (Å²) in [4.78, 5) is 15.0. The van der Waals surface area contributed by atoms with E-state index in [1.807, 2.05) is 35.7 Å². The molecule has 1 aromatic heterocycles. The molecule has 1 atom stereocenters. The van der Waals surface area contributed by atoms with Gasteiger partial charge >= 0.3 is 6.09 Å². The zero-order valence-electron chi connectivity index (χ0n) is 16.3. The van der Waals surface area contributed by atoms with Crippen LogP contribution in [0.4, 0.5) is 4.79 Å². The van der Waals surface area contributed by atoms with E-state index >= 15 is 0 Å². The second kappa shape index (κ2) is 10.6. The van der Waals surface area contributed by atoms with Crippen molar-refractivity contribution in [2.45, 2.75) is 12.5 Å². The van der Waals surface area contributed by atoms with Gasteiger partial charge in [-0.15, -0.1) is 11.3 Å². The number of amides is 1. The van der Waals surface area contributed by atoms with Crippen LogP contribution in [0.5, 0.6) is 5.75 Å². The largest absolute Gasteiger partial charge is 0.485 e. The Balaban J connectivity index is 1.90. The first-order chi connectivity index (χ1) is 12.7. The summed E-state index contributed by atoms with van der Waals surface area (Å²) in [6.07, 6.45) is 7.02. The topological polar surface area (TPSA) is 38.8 Å². The number of ether oxygens (including phenoxy) is 2. The summed E-state index contributed by atoms with van der Waals surface area (Å²) in [6, 6.07) is 12.1. The summed E-state index contributed by atoms with van der Waals surface area (Å²) >= 11 is 3.95. The highest BCUT2D eigenvalue weighted by atomic mass is 127. The second-order valence-corrected chi connectivity index (χ2v) is 14.0. The lowest BCUT2D eigenvalue weighted by atomic mass is 10.2. The predicted molar refractivity (Wildman–Crippen MR) is 126 cm³/mol. The summed E-state index contributed by atoms with van der Waals surface area (Å²) in [7, 11) is 1.13. The molecule has 1 unspecified atom stereocenters. The molecule has 27 heavy (non-hydrogen) atoms. The van der Waals surface area contributed by atoms with Gasteiger partial charge in [-0.05, 0) is 71.0 Å². The Labute approximate surface area is 181 Å². The number of hydrogen-bond acceptors (Lipinski definition) is 4. The third kappa shape index (κ3) is 8.31. The minimum atomic E-state index is -0.654. The van der Waals surface area contributed by atoms with Crippen molar-refractivity contribution in [3.05, 3.63) is 50.2 Å². The van der Waals surface area contributed by atoms with Gasteiger partial charge in [0.2, 0.25) is 0 Å². The first-order valence-corrected chi connectivity index (χ1v) is 13.7. The Morgan fingerprint density at radius 1 is 1.26 bits per heavy atom. The molecule has 0 aliphatic carbocycles. The number of benzene rings is 1. The van der Waals surface area contributed by atoms with Crippen LogP contribution in [0.25, 0.3) is 0 Å². The van der Waals surface area contributed by atoms with Crippen molar-refractivity contribution in [3.8, 4) is 5.75 Å². The Hall–Kier alpha value is -0.930. The van der Waals surface area contributed by atoms with E-state index in [1.165, 1.54) is 0 Å². The zero-order chi connectivity index (χ0) is 19.9. The molecule has 0 radical (unpaired) electrons. The van der Waals surface area contributed by atoms with Crippen LogP contribution in [0.2, 0.25) is 0 Å². The Morgan fingerprint density at radius 2 is 2.04 bits per heavy atom. The maximum absolute atomic E-state index is 12.2. The lowest BCUT2D eigenvalue weighted by Crippen LogP contribution is -2.30. The molecule has 2 aromatic rings. The van der Waals surface area contributed by atoms with Crippen molar-refractivity contribution >= 4 is 50.0 Å². The maximum Gasteiger partial charge on any atom is 0.409 e. The van der Waals surface area contributed by atoms with Crippen molar-refractivity contribution in [2.75, 3.05) is 44.7 Å². The van der Waals surface area contributed by atoms with E-state index < -0.39 is 10.0 Å². The van der Waals surface area contributed by atoms with Crippen LogP contribution in [0, 0.1) is 3.57 Å². The molecule has 0 spiro atoms. The van der Waals surface area contributed by atoms with Crippen LogP contribution in [0.15, 0.2) is 41.8 Å². The Bertz CT molecular complexity index is 716. The van der Waals surface area contributed by atoms with Gasteiger partial charge in [0.25, 0.3) is 0 Å². The van der Waals surface area contributed by atoms with Gasteiger partial charge in [0.15, 0.2) is 0 Å². The zero-order valence-corrected chi connectivity index (χ0v) is 20.1. The van der Waals surface area contributed by atoms with Crippen molar-refractivity contribution in [2.24, 2.45) is 0 Å². The molecule has 0 saturated carbocycles. The first kappa shape index (κ1) is 22.4. The number of carbonyl (C=O) groups excluding carboxylic acids is 1. The predicted octanol–water partition coefficient (Wildman–Crippen LogP) is 5.63. The lowest BCUT2D eigenvalue weighted by Gasteiger charge is -2.26. The van der Waals surface area contributed by atoms with E-state index in [0.717, 1.165) is 19.9 Å². The van der Waals surface area contributed by atoms with E-state index in [9.17, 15) is 4.79 Å². The molecule has 1 amide bonds. The third-order valence-corrected chi connectivity index (χ3v) is 6.92. The quantitative estimate of drug-likeness (QED) is 0.402. The minimum Gasteiger partial charge on any atom is -0.485 e. The van der Waals surface area contributed by atoms with Gasteiger partial charge in [0.1, 0.15) is 18.5 Å². The van der Waals surface area contributed by atoms with Crippen LogP contribution >= 0.6 is 44.0 Å². The molecule has 0 N–H and O–H groups in total. The average molecular weight is 521 g/mol. The van der Waals surface area contributed by atoms with Gasteiger partial charge in [-0.25, -0.2) is 14.8 Å². The summed E-state index contributed by atoms with van der Waals surface area (Å²) in [5, 5.41) is 2.05. The molecule has 1 heterocycles. The number of hydrogen-bond donors (Lipinski definition) is 0. The van der Waals surface area contributed by atoms with Crippen molar-refractivity contribution in [1.82, 2.24) is 4.90 Å². The van der Waals surface area contributed by atoms with Crippen molar-refractivity contribution < 1.29 is 14.3 Å². The van der Waals surface area contributed by atoms with Gasteiger partial charge < -0.3 is 14.4 Å². The number of rotatable bonds is 9. The summed E-state index contributed by atoms with van der Waals surface area (Å²) in [5.41, 5.74) is 0. The fourth-order valence-corrected chi connectivity index (χ4v) is 4.22. The van der Waals surface area contributed by atoms with Crippen LogP contribution in [0.3, 0.4) is 0 Å². The Morgan fingerprint density at radius 3 is 2.67 bits per heavy atom. The molecule has 1 aromatic carbocycles. The van der Waals surface area contributed by atoms with Crippen LogP contribution in [-0.2, 0) is 4.74 Å². The molecule has 0 aliphatic heterocycles. The second-order valence-electron chi connectivity index (χ2n) is 7.20. The van der Waals surface area contributed by atoms with E-state index in [1.54, 1.807) is 23.3 Å². The van der Waals surface area contributed by atoms with E-state index in [2.05, 4.69) is 47.4 Å². The van der Waals surface area contributed by atoms with E-state index in [-0.39, 0.29) is 12.2 Å². The normalized spacial score (nSPS) is 13.1. The van der Waals surface area contributed by atoms with Gasteiger partial charge in [-0.3, -0.25) is 0 Å². The summed E-state index contributed by atoms with van der Waals surface area (Å²) in [5.74, 6) is 1.78. The van der Waals surface area contributed by atoms with Gasteiger partial charge in [0.05, 0.1) is 0 Å². The van der Waals surface area contributed by atoms with E-state index in [0.29, 0.717) is 19.6 Å². The number of thiophene rings is 1. The molecular formula is C20H28INO3S2. The molecular weight excluding hydrogens is 493 g/mol. The van der Waals surface area contributed by atoms with Crippen LogP contribution < -0.4 is 4.74 Å². The highest BCUT2D eigenvalue weighted by Crippen LogP contribution is 2.33. The fraction of sp³-hybridized carbons (Fsp3) is 0.450. The van der Waals surface area contributed by atoms with Gasteiger partial charge in [-0.2, -0.15) is 0 Å². The number of nitrogens with zero attached hydrogens (tertiary/aromatic N) is 1. The third-order valence-electron chi connectivity index (χ3n) is 3.89. The van der Waals surface area contributed by atoms with Crippen molar-refractivity contribution in [3.63, 3.8) is 0 Å². The molecule has 0 saturated heterocycles. The highest BCUT2D eigenvalue weighted by molar-refractivity contribution is 14.1. The van der Waals surface area contributed by atoms with Crippen LogP contribution in [0.1, 0.15) is 17.4 Å². The highest BCUT2D eigenvalue weighted by Gasteiger charge is 2.18. The molecule has 0 aliphatic rings. The Kier molecular flexibility index (Phi) is 8.75. The standard InChI is InChI=1S/C20H28INO3S2/c1-22(20(23)24-12-14-27(2,3)4)11-10-18(19-9-6-13-26-19)25-17-8-5-7-16(21)15-17/h5-9,13,15,18H,10-12,14H2,1-4H3. The first-order valence-electron chi connectivity index (χ1n) is 8.74. The smallest absolute Gasteiger partial charge is 0.409 e. The van der Waals surface area contributed by atoms with Crippen molar-refractivity contribution in [1.29, 1.82) is 0 Å². The maximum atomic E-state index is 12.2. The van der Waals surface area contributed by atoms with E-state index in [4.69, 9.17) is 9.47 Å². The summed E-state index contributed by atoms with van der Waals surface area (Å²) in [6.45, 7) is 1.06. The molecule has 150 valence electrons. The number of halogens is 1. The minimum absolute atomic E-state index is 0.0857. The average Bonchev–Trinajstić information content (AvgIpc) is 3.11. The molecule has 2 rings (SSSR count). The van der Waals surface area contributed by atoms with Gasteiger partial charge in [0, 0.05) is 34.2 Å². The summed E-state index contributed by atoms with van der Waals surface area (Å²) < 4.78 is 12.8. The van der Waals surface area contributed by atoms with Crippen LogP contribution in [-0.4, -0.2) is 55.7 Å². The molecule has 0 fully saturated rings. The SMILES string of the molecule is CN(CCC(Oc1cccc(I)c1)c1cccs1)C(=O)OCCS(C)(C)C.